The standard InChI is InChI=1S/C19H24N4O.C3H6/c1-5-15-13(2)17(24)12-14-8-6-7-9-16(14)19-18(15)20-23(21-19)11-10-22(3)4;1-3-2/h6-9H,5,10-12H2,1-4H3;3H,1H2,2H3/b15-13-;. The quantitative estimate of drug-likeness (QED) is 0.767. The summed E-state index contributed by atoms with van der Waals surface area (Å²) in [5, 5.41) is 9.49. The third-order valence-electron chi connectivity index (χ3n) is 4.54. The molecule has 3 rings (SSSR count). The van der Waals surface area contributed by atoms with Crippen LogP contribution >= 0.6 is 0 Å². The molecule has 1 aliphatic carbocycles. The summed E-state index contributed by atoms with van der Waals surface area (Å²) in [6, 6.07) is 8.03. The van der Waals surface area contributed by atoms with Gasteiger partial charge in [-0.05, 0) is 51.1 Å². The van der Waals surface area contributed by atoms with E-state index in [-0.39, 0.29) is 5.78 Å². The molecule has 0 saturated carbocycles. The number of benzene rings is 1. The summed E-state index contributed by atoms with van der Waals surface area (Å²) in [7, 11) is 4.07. The highest BCUT2D eigenvalue weighted by Crippen LogP contribution is 2.34. The van der Waals surface area contributed by atoms with E-state index in [9.17, 15) is 4.79 Å². The average molecular weight is 367 g/mol. The summed E-state index contributed by atoms with van der Waals surface area (Å²) in [5.74, 6) is 0.174. The van der Waals surface area contributed by atoms with Crippen molar-refractivity contribution < 1.29 is 4.79 Å². The number of carbonyl (C=O) groups excluding carboxylic acids is 1. The van der Waals surface area contributed by atoms with Gasteiger partial charge in [-0.25, -0.2) is 0 Å². The van der Waals surface area contributed by atoms with Gasteiger partial charge in [0.1, 0.15) is 11.4 Å². The minimum atomic E-state index is 0.174. The summed E-state index contributed by atoms with van der Waals surface area (Å²) < 4.78 is 0. The number of ketones is 1. The van der Waals surface area contributed by atoms with Crippen LogP contribution in [0.2, 0.25) is 0 Å². The molecule has 0 atom stereocenters. The van der Waals surface area contributed by atoms with Gasteiger partial charge in [-0.15, -0.1) is 6.58 Å². The van der Waals surface area contributed by atoms with Crippen molar-refractivity contribution >= 4 is 11.4 Å². The van der Waals surface area contributed by atoms with Crippen molar-refractivity contribution in [3.63, 3.8) is 0 Å². The Labute approximate surface area is 162 Å². The molecule has 0 amide bonds. The molecule has 0 fully saturated rings. The maximum Gasteiger partial charge on any atom is 0.163 e. The first-order valence-electron chi connectivity index (χ1n) is 9.41. The largest absolute Gasteiger partial charge is 0.307 e. The number of rotatable bonds is 4. The van der Waals surface area contributed by atoms with Gasteiger partial charge in [0.05, 0.1) is 6.54 Å². The molecule has 27 heavy (non-hydrogen) atoms. The second-order valence-corrected chi connectivity index (χ2v) is 6.92. The predicted octanol–water partition coefficient (Wildman–Crippen LogP) is 4.01. The molecule has 5 heteroatoms. The highest BCUT2D eigenvalue weighted by atomic mass is 16.1. The zero-order valence-corrected chi connectivity index (χ0v) is 17.1. The average Bonchev–Trinajstić information content (AvgIpc) is 3.04. The number of allylic oxidation sites excluding steroid dienone is 3. The van der Waals surface area contributed by atoms with Crippen molar-refractivity contribution in [1.82, 2.24) is 19.9 Å². The van der Waals surface area contributed by atoms with E-state index < -0.39 is 0 Å². The lowest BCUT2D eigenvalue weighted by molar-refractivity contribution is -0.114. The normalized spacial score (nSPS) is 16.0. The summed E-state index contributed by atoms with van der Waals surface area (Å²) in [5.41, 5.74) is 5.63. The number of hydrogen-bond acceptors (Lipinski definition) is 4. The van der Waals surface area contributed by atoms with E-state index in [0.717, 1.165) is 53.2 Å². The maximum absolute atomic E-state index is 12.6. The van der Waals surface area contributed by atoms with Gasteiger partial charge in [0, 0.05) is 18.5 Å². The monoisotopic (exact) mass is 366 g/mol. The molecule has 0 unspecified atom stereocenters. The fraction of sp³-hybridized carbons (Fsp3) is 0.409. The molecule has 0 saturated heterocycles. The number of likely N-dealkylation sites (N-methyl/N-ethyl adjacent to an activating group) is 1. The molecule has 2 aromatic rings. The van der Waals surface area contributed by atoms with E-state index in [1.54, 1.807) is 10.9 Å². The summed E-state index contributed by atoms with van der Waals surface area (Å²) in [4.78, 5) is 16.5. The molecule has 5 nitrogen and oxygen atoms in total. The summed E-state index contributed by atoms with van der Waals surface area (Å²) in [6.07, 6.45) is 2.95. The van der Waals surface area contributed by atoms with Gasteiger partial charge in [0.15, 0.2) is 5.78 Å². The minimum Gasteiger partial charge on any atom is -0.307 e. The highest BCUT2D eigenvalue weighted by Gasteiger charge is 2.25. The number of carbonyl (C=O) groups is 1. The van der Waals surface area contributed by atoms with Crippen LogP contribution in [0.1, 0.15) is 38.4 Å². The Bertz CT molecular complexity index is 846. The smallest absolute Gasteiger partial charge is 0.163 e. The van der Waals surface area contributed by atoms with Gasteiger partial charge in [0.2, 0.25) is 0 Å². The molecule has 0 aliphatic heterocycles. The SMILES string of the molecule is C=CC.CC/C1=C(\C)C(=O)Cc2ccccc2-c2nn(CCN(C)C)nc21. The fourth-order valence-electron chi connectivity index (χ4n) is 3.11. The van der Waals surface area contributed by atoms with Crippen molar-refractivity contribution in [3.8, 4) is 11.3 Å². The van der Waals surface area contributed by atoms with Crippen LogP contribution in [0.25, 0.3) is 16.8 Å². The first kappa shape index (κ1) is 20.8. The van der Waals surface area contributed by atoms with Crippen LogP contribution in [0, 0.1) is 0 Å². The number of fused-ring (bicyclic) bond motifs is 3. The lowest BCUT2D eigenvalue weighted by Gasteiger charge is -2.15. The molecule has 0 spiro atoms. The molecule has 144 valence electrons. The van der Waals surface area contributed by atoms with Crippen LogP contribution in [-0.2, 0) is 17.8 Å². The van der Waals surface area contributed by atoms with Gasteiger partial charge in [-0.1, -0.05) is 37.3 Å². The van der Waals surface area contributed by atoms with Crippen LogP contribution in [0.4, 0.5) is 0 Å². The Kier molecular flexibility index (Phi) is 7.25. The van der Waals surface area contributed by atoms with Crippen LogP contribution in [-0.4, -0.2) is 46.3 Å². The summed E-state index contributed by atoms with van der Waals surface area (Å²) in [6.45, 7) is 10.8. The first-order valence-corrected chi connectivity index (χ1v) is 9.41. The third kappa shape index (κ3) is 4.80. The second kappa shape index (κ2) is 9.42. The molecular weight excluding hydrogens is 336 g/mol. The van der Waals surface area contributed by atoms with E-state index in [2.05, 4.69) is 18.4 Å². The van der Waals surface area contributed by atoms with Gasteiger partial charge in [0.25, 0.3) is 0 Å². The van der Waals surface area contributed by atoms with E-state index in [1.807, 2.05) is 52.2 Å². The van der Waals surface area contributed by atoms with E-state index >= 15 is 0 Å². The molecule has 1 aliphatic rings. The Hall–Kier alpha value is -2.53. The Morgan fingerprint density at radius 1 is 1.22 bits per heavy atom. The zero-order chi connectivity index (χ0) is 20.0. The molecule has 0 bridgehead atoms. The minimum absolute atomic E-state index is 0.174. The topological polar surface area (TPSA) is 51.0 Å². The van der Waals surface area contributed by atoms with Crippen LogP contribution in [0.15, 0.2) is 42.5 Å². The highest BCUT2D eigenvalue weighted by molar-refractivity contribution is 6.05. The van der Waals surface area contributed by atoms with Crippen LogP contribution < -0.4 is 0 Å². The van der Waals surface area contributed by atoms with E-state index in [1.165, 1.54) is 0 Å². The second-order valence-electron chi connectivity index (χ2n) is 6.92. The zero-order valence-electron chi connectivity index (χ0n) is 17.1. The van der Waals surface area contributed by atoms with E-state index in [0.29, 0.717) is 6.42 Å². The molecule has 1 aromatic carbocycles. The Morgan fingerprint density at radius 3 is 2.48 bits per heavy atom. The van der Waals surface area contributed by atoms with Crippen molar-refractivity contribution in [2.45, 2.75) is 40.2 Å². The van der Waals surface area contributed by atoms with Crippen molar-refractivity contribution in [3.05, 3.63) is 53.8 Å². The molecule has 0 radical (unpaired) electrons. The maximum atomic E-state index is 12.6. The third-order valence-corrected chi connectivity index (χ3v) is 4.54. The number of Topliss-reactive ketones (excluding diaryl/α,β-unsaturated/α-hetero) is 1. The van der Waals surface area contributed by atoms with Gasteiger partial charge >= 0.3 is 0 Å². The lowest BCUT2D eigenvalue weighted by Crippen LogP contribution is -2.19. The predicted molar refractivity (Wildman–Crippen MR) is 111 cm³/mol. The molecule has 1 aromatic heterocycles. The van der Waals surface area contributed by atoms with E-state index in [4.69, 9.17) is 10.2 Å². The fourth-order valence-corrected chi connectivity index (χ4v) is 3.11. The van der Waals surface area contributed by atoms with Gasteiger partial charge < -0.3 is 4.90 Å². The summed E-state index contributed by atoms with van der Waals surface area (Å²) >= 11 is 0. The Balaban J connectivity index is 0.000000817. The number of nitrogens with zero attached hydrogens (tertiary/aromatic N) is 4. The number of aromatic nitrogens is 3. The van der Waals surface area contributed by atoms with Crippen molar-refractivity contribution in [2.75, 3.05) is 20.6 Å². The molecule has 1 heterocycles. The molecule has 0 N–H and O–H groups in total. The Morgan fingerprint density at radius 2 is 1.85 bits per heavy atom. The first-order chi connectivity index (χ1) is 12.9. The lowest BCUT2D eigenvalue weighted by atomic mass is 9.88. The number of hydrogen-bond donors (Lipinski definition) is 0. The van der Waals surface area contributed by atoms with Crippen LogP contribution in [0.5, 0.6) is 0 Å². The van der Waals surface area contributed by atoms with Crippen LogP contribution in [0.3, 0.4) is 0 Å². The molecular formula is C22H30N4O. The van der Waals surface area contributed by atoms with Crippen molar-refractivity contribution in [2.24, 2.45) is 0 Å². The van der Waals surface area contributed by atoms with Crippen molar-refractivity contribution in [1.29, 1.82) is 0 Å². The van der Waals surface area contributed by atoms with Gasteiger partial charge in [-0.2, -0.15) is 15.0 Å². The van der Waals surface area contributed by atoms with Gasteiger partial charge in [-0.3, -0.25) is 4.79 Å².